The fourth-order valence-corrected chi connectivity index (χ4v) is 6.51. The van der Waals surface area contributed by atoms with Crippen molar-refractivity contribution < 1.29 is 53.8 Å². The summed E-state index contributed by atoms with van der Waals surface area (Å²) in [6, 6.07) is 0. The second kappa shape index (κ2) is 34.9. The average Bonchev–Trinajstić information content (AvgIpc) is 3.17. The van der Waals surface area contributed by atoms with E-state index in [1.165, 1.54) is 83.5 Å². The summed E-state index contributed by atoms with van der Waals surface area (Å²) in [5.41, 5.74) is 0. The molecule has 1 rings (SSSR count). The van der Waals surface area contributed by atoms with Crippen LogP contribution in [0.3, 0.4) is 0 Å². The quantitative estimate of drug-likeness (QED) is 0.0272. The number of ether oxygens (including phenoxy) is 4. The minimum absolute atomic E-state index is 0.173. The lowest BCUT2D eigenvalue weighted by Crippen LogP contribution is -2.60. The van der Waals surface area contributed by atoms with Crippen LogP contribution in [0, 0.1) is 0 Å². The van der Waals surface area contributed by atoms with Crippen molar-refractivity contribution in [2.24, 2.45) is 0 Å². The first kappa shape index (κ1) is 50.7. The maximum atomic E-state index is 12.7. The molecule has 11 nitrogen and oxygen atoms in total. The van der Waals surface area contributed by atoms with Gasteiger partial charge in [0, 0.05) is 12.8 Å². The van der Waals surface area contributed by atoms with E-state index in [1.807, 2.05) is 0 Å². The van der Waals surface area contributed by atoms with Gasteiger partial charge in [0.15, 0.2) is 18.5 Å². The highest BCUT2D eigenvalue weighted by molar-refractivity contribution is 5.73. The normalized spacial score (nSPS) is 20.6. The van der Waals surface area contributed by atoms with E-state index in [0.29, 0.717) is 12.8 Å². The molecule has 1 aliphatic heterocycles. The van der Waals surface area contributed by atoms with E-state index in [1.54, 1.807) is 0 Å². The van der Waals surface area contributed by atoms with Crippen molar-refractivity contribution in [1.29, 1.82) is 0 Å². The van der Waals surface area contributed by atoms with Crippen LogP contribution in [0.2, 0.25) is 0 Å². The van der Waals surface area contributed by atoms with Gasteiger partial charge in [0.1, 0.15) is 24.9 Å². The van der Waals surface area contributed by atoms with E-state index in [9.17, 15) is 34.8 Å². The zero-order chi connectivity index (χ0) is 40.4. The first-order chi connectivity index (χ1) is 26.7. The molecule has 4 N–H and O–H groups in total. The summed E-state index contributed by atoms with van der Waals surface area (Å²) in [6.45, 7) is 3.77. The van der Waals surface area contributed by atoms with Gasteiger partial charge in [-0.25, -0.2) is 4.79 Å². The number of carbonyl (C=O) groups is 3. The summed E-state index contributed by atoms with van der Waals surface area (Å²) >= 11 is 0. The predicted molar refractivity (Wildman–Crippen MR) is 215 cm³/mol. The van der Waals surface area contributed by atoms with E-state index in [4.69, 9.17) is 18.9 Å². The third kappa shape index (κ3) is 27.0. The van der Waals surface area contributed by atoms with Gasteiger partial charge < -0.3 is 39.4 Å². The molecule has 0 aromatic rings. The van der Waals surface area contributed by atoms with Gasteiger partial charge in [-0.1, -0.05) is 134 Å². The van der Waals surface area contributed by atoms with Crippen LogP contribution in [0.5, 0.6) is 0 Å². The van der Waals surface area contributed by atoms with E-state index < -0.39 is 61.3 Å². The Balaban J connectivity index is 2.37. The molecule has 0 spiro atoms. The molecule has 0 aromatic carbocycles. The fourth-order valence-electron chi connectivity index (χ4n) is 6.51. The molecule has 55 heavy (non-hydrogen) atoms. The Morgan fingerprint density at radius 3 is 1.45 bits per heavy atom. The summed E-state index contributed by atoms with van der Waals surface area (Å²) in [6.07, 6.45) is 28.0. The van der Waals surface area contributed by atoms with Gasteiger partial charge in [-0.3, -0.25) is 9.59 Å². The van der Waals surface area contributed by atoms with Crippen LogP contribution in [-0.2, 0) is 33.3 Å². The Morgan fingerprint density at radius 1 is 0.545 bits per heavy atom. The number of aliphatic hydroxyl groups is 3. The van der Waals surface area contributed by atoms with Gasteiger partial charge in [-0.2, -0.15) is 0 Å². The van der Waals surface area contributed by atoms with Crippen LogP contribution in [0.15, 0.2) is 24.3 Å². The second-order valence-electron chi connectivity index (χ2n) is 15.2. The number of rotatable bonds is 36. The standard InChI is InChI=1S/C44H78O11/c1-3-5-7-9-11-13-15-17-18-19-20-21-23-24-26-28-30-32-37(45)52-34-36(35-53-44-41(49)39(47)40(48)42(55-44)43(50)51)54-38(46)33-31-29-27-25-22-16-14-12-10-8-6-4-2/h12,14,17-18,36,39-42,44,47-49H,3-11,13,15-16,19-35H2,1-2H3,(H,50,51)/b14-12-,18-17-. The molecule has 11 heteroatoms. The number of carboxylic acids is 1. The molecule has 1 heterocycles. The zero-order valence-corrected chi connectivity index (χ0v) is 34.4. The van der Waals surface area contributed by atoms with Crippen LogP contribution < -0.4 is 0 Å². The van der Waals surface area contributed by atoms with Crippen LogP contribution in [0.4, 0.5) is 0 Å². The van der Waals surface area contributed by atoms with Gasteiger partial charge in [0.05, 0.1) is 6.61 Å². The molecule has 0 saturated carbocycles. The zero-order valence-electron chi connectivity index (χ0n) is 34.4. The molecule has 0 radical (unpaired) electrons. The number of esters is 2. The Kier molecular flexibility index (Phi) is 32.2. The SMILES string of the molecule is CCCCC/C=C\CCCCCCCC(=O)OC(COC(=O)CCCCCCCCC/C=C\CCCCCCCC)COC1OC(C(=O)O)C(O)C(O)C1O. The topological polar surface area (TPSA) is 169 Å². The minimum atomic E-state index is -1.86. The highest BCUT2D eigenvalue weighted by Crippen LogP contribution is 2.23. The van der Waals surface area contributed by atoms with E-state index >= 15 is 0 Å². The van der Waals surface area contributed by atoms with Crippen LogP contribution in [-0.4, -0.2) is 88.4 Å². The average molecular weight is 783 g/mol. The monoisotopic (exact) mass is 783 g/mol. The maximum absolute atomic E-state index is 12.7. The molecule has 0 aromatic heterocycles. The Morgan fingerprint density at radius 2 is 0.964 bits per heavy atom. The molecule has 6 atom stereocenters. The number of hydrogen-bond acceptors (Lipinski definition) is 10. The van der Waals surface area contributed by atoms with Gasteiger partial charge in [-0.15, -0.1) is 0 Å². The van der Waals surface area contributed by atoms with Crippen LogP contribution >= 0.6 is 0 Å². The number of aliphatic carboxylic acids is 1. The van der Waals surface area contributed by atoms with Crippen LogP contribution in [0.1, 0.15) is 187 Å². The van der Waals surface area contributed by atoms with Crippen molar-refractivity contribution in [3.8, 4) is 0 Å². The largest absolute Gasteiger partial charge is 0.479 e. The number of allylic oxidation sites excluding steroid dienone is 4. The third-order valence-electron chi connectivity index (χ3n) is 10.0. The van der Waals surface area contributed by atoms with Gasteiger partial charge in [0.2, 0.25) is 0 Å². The molecule has 0 amide bonds. The van der Waals surface area contributed by atoms with Gasteiger partial charge in [0.25, 0.3) is 0 Å². The molecule has 1 aliphatic rings. The van der Waals surface area contributed by atoms with Crippen molar-refractivity contribution in [3.05, 3.63) is 24.3 Å². The third-order valence-corrected chi connectivity index (χ3v) is 10.0. The summed E-state index contributed by atoms with van der Waals surface area (Å²) in [4.78, 5) is 36.7. The van der Waals surface area contributed by atoms with Crippen molar-refractivity contribution in [3.63, 3.8) is 0 Å². The summed E-state index contributed by atoms with van der Waals surface area (Å²) < 4.78 is 21.7. The highest BCUT2D eigenvalue weighted by atomic mass is 16.7. The van der Waals surface area contributed by atoms with Gasteiger partial charge >= 0.3 is 17.9 Å². The molecule has 0 bridgehead atoms. The molecular weight excluding hydrogens is 704 g/mol. The number of aliphatic hydroxyl groups excluding tert-OH is 3. The molecule has 6 unspecified atom stereocenters. The lowest BCUT2D eigenvalue weighted by molar-refractivity contribution is -0.298. The lowest BCUT2D eigenvalue weighted by Gasteiger charge is -2.38. The first-order valence-electron chi connectivity index (χ1n) is 21.9. The number of hydrogen-bond donors (Lipinski definition) is 4. The van der Waals surface area contributed by atoms with Crippen molar-refractivity contribution in [2.45, 2.75) is 224 Å². The van der Waals surface area contributed by atoms with E-state index in [-0.39, 0.29) is 19.4 Å². The van der Waals surface area contributed by atoms with E-state index in [0.717, 1.165) is 64.2 Å². The Bertz CT molecular complexity index is 1020. The lowest BCUT2D eigenvalue weighted by atomic mass is 9.99. The summed E-state index contributed by atoms with van der Waals surface area (Å²) in [5, 5.41) is 39.7. The number of carbonyl (C=O) groups excluding carboxylic acids is 2. The summed E-state index contributed by atoms with van der Waals surface area (Å²) in [7, 11) is 0. The number of carboxylic acid groups (broad SMARTS) is 1. The molecule has 1 saturated heterocycles. The predicted octanol–water partition coefficient (Wildman–Crippen LogP) is 9.04. The maximum Gasteiger partial charge on any atom is 0.335 e. The smallest absolute Gasteiger partial charge is 0.335 e. The second-order valence-corrected chi connectivity index (χ2v) is 15.2. The van der Waals surface area contributed by atoms with E-state index in [2.05, 4.69) is 38.2 Å². The Labute approximate surface area is 332 Å². The molecule has 320 valence electrons. The highest BCUT2D eigenvalue weighted by Gasteiger charge is 2.47. The molecule has 0 aliphatic carbocycles. The van der Waals surface area contributed by atoms with Crippen molar-refractivity contribution >= 4 is 17.9 Å². The van der Waals surface area contributed by atoms with Crippen LogP contribution in [0.25, 0.3) is 0 Å². The number of unbranched alkanes of at least 4 members (excludes halogenated alkanes) is 21. The van der Waals surface area contributed by atoms with Crippen molar-refractivity contribution in [1.82, 2.24) is 0 Å². The fraction of sp³-hybridized carbons (Fsp3) is 0.841. The summed E-state index contributed by atoms with van der Waals surface area (Å²) in [5.74, 6) is -2.46. The first-order valence-corrected chi connectivity index (χ1v) is 21.9. The van der Waals surface area contributed by atoms with Gasteiger partial charge in [-0.05, 0) is 64.2 Å². The molecular formula is C44H78O11. The minimum Gasteiger partial charge on any atom is -0.479 e. The molecule has 1 fully saturated rings. The Hall–Kier alpha value is -2.31. The van der Waals surface area contributed by atoms with Crippen molar-refractivity contribution in [2.75, 3.05) is 13.2 Å².